The maximum atomic E-state index is 12.7. The minimum atomic E-state index is 0.0621. The van der Waals surface area contributed by atoms with Crippen LogP contribution in [-0.2, 0) is 25.9 Å². The van der Waals surface area contributed by atoms with E-state index in [-0.39, 0.29) is 11.9 Å². The van der Waals surface area contributed by atoms with E-state index in [0.717, 1.165) is 50.3 Å². The van der Waals surface area contributed by atoms with Crippen molar-refractivity contribution < 1.29 is 4.79 Å². The summed E-state index contributed by atoms with van der Waals surface area (Å²) >= 11 is 1.71. The molecule has 0 bridgehead atoms. The van der Waals surface area contributed by atoms with Gasteiger partial charge in [-0.2, -0.15) is 0 Å². The van der Waals surface area contributed by atoms with Crippen molar-refractivity contribution in [2.24, 2.45) is 0 Å². The van der Waals surface area contributed by atoms with Crippen LogP contribution in [0, 0.1) is 0 Å². The number of hydrogen-bond acceptors (Lipinski definition) is 5. The second kappa shape index (κ2) is 8.95. The monoisotopic (exact) mass is 386 g/mol. The summed E-state index contributed by atoms with van der Waals surface area (Å²) in [5, 5.41) is 5.16. The van der Waals surface area contributed by atoms with Crippen LogP contribution in [0.3, 0.4) is 0 Å². The van der Waals surface area contributed by atoms with Gasteiger partial charge in [-0.15, -0.1) is 11.3 Å². The van der Waals surface area contributed by atoms with Crippen LogP contribution >= 0.6 is 11.3 Å². The van der Waals surface area contributed by atoms with E-state index in [1.807, 2.05) is 25.7 Å². The first-order valence-corrected chi connectivity index (χ1v) is 10.5. The van der Waals surface area contributed by atoms with E-state index >= 15 is 0 Å². The molecule has 0 spiro atoms. The molecule has 6 heteroatoms. The van der Waals surface area contributed by atoms with Crippen molar-refractivity contribution in [3.8, 4) is 0 Å². The van der Waals surface area contributed by atoms with Gasteiger partial charge in [-0.1, -0.05) is 13.0 Å². The summed E-state index contributed by atoms with van der Waals surface area (Å²) in [5.74, 6) is 0.0621. The van der Waals surface area contributed by atoms with Crippen molar-refractivity contribution in [3.63, 3.8) is 0 Å². The lowest BCUT2D eigenvalue weighted by molar-refractivity contribution is 0.0933. The molecule has 0 radical (unpaired) electrons. The number of thiophene rings is 1. The molecule has 0 fully saturated rings. The lowest BCUT2D eigenvalue weighted by Crippen LogP contribution is -2.40. The Hall–Kier alpha value is -1.76. The van der Waals surface area contributed by atoms with Crippen LogP contribution in [0.1, 0.15) is 45.9 Å². The Bertz CT molecular complexity index is 769. The van der Waals surface area contributed by atoms with E-state index in [4.69, 9.17) is 0 Å². The van der Waals surface area contributed by atoms with Gasteiger partial charge in [0.05, 0.1) is 11.3 Å². The van der Waals surface area contributed by atoms with Crippen LogP contribution in [0.15, 0.2) is 23.7 Å². The first-order valence-electron chi connectivity index (χ1n) is 9.67. The molecule has 1 amide bonds. The van der Waals surface area contributed by atoms with Gasteiger partial charge in [-0.3, -0.25) is 14.7 Å². The Kier molecular flexibility index (Phi) is 6.63. The van der Waals surface area contributed by atoms with E-state index in [0.29, 0.717) is 0 Å². The molecule has 0 unspecified atom stereocenters. The lowest BCUT2D eigenvalue weighted by Gasteiger charge is -2.27. The van der Waals surface area contributed by atoms with Crippen molar-refractivity contribution in [1.82, 2.24) is 20.1 Å². The lowest BCUT2D eigenvalue weighted by atomic mass is 10.0. The van der Waals surface area contributed by atoms with E-state index in [2.05, 4.69) is 46.1 Å². The molecule has 1 aliphatic heterocycles. The molecule has 0 aromatic carbocycles. The largest absolute Gasteiger partial charge is 0.348 e. The Labute approximate surface area is 166 Å². The third kappa shape index (κ3) is 5.15. The van der Waals surface area contributed by atoms with Crippen LogP contribution in [0.5, 0.6) is 0 Å². The predicted molar refractivity (Wildman–Crippen MR) is 111 cm³/mol. The summed E-state index contributed by atoms with van der Waals surface area (Å²) in [4.78, 5) is 23.1. The smallest absolute Gasteiger partial charge is 0.252 e. The molecule has 3 rings (SSSR count). The topological polar surface area (TPSA) is 48.5 Å². The van der Waals surface area contributed by atoms with E-state index in [9.17, 15) is 4.79 Å². The fourth-order valence-corrected chi connectivity index (χ4v) is 4.71. The molecule has 0 aliphatic carbocycles. The SMILES string of the molecule is CCc1ccc(CN2CCc3c(C(=O)N[C@@H](C)CN(C)C)csc3C2)nc1. The number of hydrogen-bond donors (Lipinski definition) is 1. The minimum absolute atomic E-state index is 0.0621. The zero-order chi connectivity index (χ0) is 19.4. The van der Waals surface area contributed by atoms with Crippen molar-refractivity contribution in [2.75, 3.05) is 27.2 Å². The highest BCUT2D eigenvalue weighted by molar-refractivity contribution is 7.10. The zero-order valence-corrected chi connectivity index (χ0v) is 17.6. The highest BCUT2D eigenvalue weighted by Gasteiger charge is 2.24. The maximum absolute atomic E-state index is 12.7. The molecule has 5 nitrogen and oxygen atoms in total. The molecular formula is C21H30N4OS. The van der Waals surface area contributed by atoms with E-state index in [1.54, 1.807) is 11.3 Å². The number of aryl methyl sites for hydroxylation is 1. The molecule has 27 heavy (non-hydrogen) atoms. The normalized spacial score (nSPS) is 15.6. The summed E-state index contributed by atoms with van der Waals surface area (Å²) in [5.41, 5.74) is 4.49. The van der Waals surface area contributed by atoms with Crippen molar-refractivity contribution in [3.05, 3.63) is 51.0 Å². The van der Waals surface area contributed by atoms with Gasteiger partial charge in [0.2, 0.25) is 0 Å². The molecule has 2 aromatic rings. The van der Waals surface area contributed by atoms with Crippen LogP contribution in [0.25, 0.3) is 0 Å². The average Bonchev–Trinajstić information content (AvgIpc) is 3.05. The van der Waals surface area contributed by atoms with Crippen LogP contribution < -0.4 is 5.32 Å². The average molecular weight is 387 g/mol. The standard InChI is InChI=1S/C21H30N4OS/c1-5-16-6-7-17(22-10-16)12-25-9-8-18-19(14-27-20(18)13-25)21(26)23-15(2)11-24(3)4/h6-7,10,14-15H,5,8-9,11-13H2,1-4H3,(H,23,26)/t15-/m0/s1. The molecule has 0 saturated carbocycles. The molecule has 1 atom stereocenters. The second-order valence-electron chi connectivity index (χ2n) is 7.66. The summed E-state index contributed by atoms with van der Waals surface area (Å²) in [6.07, 6.45) is 3.93. The third-order valence-corrected chi connectivity index (χ3v) is 5.98. The molecular weight excluding hydrogens is 356 g/mol. The van der Waals surface area contributed by atoms with Crippen LogP contribution in [0.2, 0.25) is 0 Å². The van der Waals surface area contributed by atoms with E-state index < -0.39 is 0 Å². The van der Waals surface area contributed by atoms with Crippen LogP contribution in [0.4, 0.5) is 0 Å². The number of rotatable bonds is 7. The highest BCUT2D eigenvalue weighted by Crippen LogP contribution is 2.29. The number of nitrogens with zero attached hydrogens (tertiary/aromatic N) is 3. The Morgan fingerprint density at radius 3 is 2.89 bits per heavy atom. The number of carbonyl (C=O) groups excluding carboxylic acids is 1. The number of nitrogens with one attached hydrogen (secondary N) is 1. The Morgan fingerprint density at radius 1 is 1.41 bits per heavy atom. The first-order chi connectivity index (χ1) is 13.0. The Morgan fingerprint density at radius 2 is 2.22 bits per heavy atom. The summed E-state index contributed by atoms with van der Waals surface area (Å²) < 4.78 is 0. The molecule has 146 valence electrons. The number of carbonyl (C=O) groups is 1. The molecule has 1 aliphatic rings. The summed E-state index contributed by atoms with van der Waals surface area (Å²) in [6.45, 7) is 7.77. The van der Waals surface area contributed by atoms with Crippen molar-refractivity contribution >= 4 is 17.2 Å². The van der Waals surface area contributed by atoms with E-state index in [1.165, 1.54) is 16.0 Å². The van der Waals surface area contributed by atoms with Gasteiger partial charge in [-0.25, -0.2) is 0 Å². The predicted octanol–water partition coefficient (Wildman–Crippen LogP) is 2.94. The minimum Gasteiger partial charge on any atom is -0.348 e. The van der Waals surface area contributed by atoms with Gasteiger partial charge in [0, 0.05) is 48.7 Å². The number of amides is 1. The number of fused-ring (bicyclic) bond motifs is 1. The van der Waals surface area contributed by atoms with Crippen molar-refractivity contribution in [2.45, 2.75) is 45.8 Å². The van der Waals surface area contributed by atoms with Gasteiger partial charge < -0.3 is 10.2 Å². The number of pyridine rings is 1. The van der Waals surface area contributed by atoms with Gasteiger partial charge >= 0.3 is 0 Å². The van der Waals surface area contributed by atoms with Crippen LogP contribution in [-0.4, -0.2) is 53.9 Å². The number of likely N-dealkylation sites (N-methyl/N-ethyl adjacent to an activating group) is 1. The molecule has 2 aromatic heterocycles. The molecule has 3 heterocycles. The Balaban J connectivity index is 1.61. The van der Waals surface area contributed by atoms with Gasteiger partial charge in [0.15, 0.2) is 0 Å². The molecule has 0 saturated heterocycles. The summed E-state index contributed by atoms with van der Waals surface area (Å²) in [6, 6.07) is 4.44. The first kappa shape index (κ1) is 20.0. The zero-order valence-electron chi connectivity index (χ0n) is 16.8. The maximum Gasteiger partial charge on any atom is 0.252 e. The molecule has 1 N–H and O–H groups in total. The summed E-state index contributed by atoms with van der Waals surface area (Å²) in [7, 11) is 4.04. The third-order valence-electron chi connectivity index (χ3n) is 4.97. The van der Waals surface area contributed by atoms with Gasteiger partial charge in [-0.05, 0) is 51.1 Å². The fraction of sp³-hybridized carbons (Fsp3) is 0.524. The van der Waals surface area contributed by atoms with Crippen molar-refractivity contribution in [1.29, 1.82) is 0 Å². The van der Waals surface area contributed by atoms with Gasteiger partial charge in [0.1, 0.15) is 0 Å². The second-order valence-corrected chi connectivity index (χ2v) is 8.62. The number of aromatic nitrogens is 1. The fourth-order valence-electron chi connectivity index (χ4n) is 3.59. The highest BCUT2D eigenvalue weighted by atomic mass is 32.1. The van der Waals surface area contributed by atoms with Gasteiger partial charge in [0.25, 0.3) is 5.91 Å². The quantitative estimate of drug-likeness (QED) is 0.795.